The highest BCUT2D eigenvalue weighted by atomic mass is 16.2. The molecule has 4 heteroatoms. The predicted molar refractivity (Wildman–Crippen MR) is 76.8 cm³/mol. The molecule has 112 valence electrons. The summed E-state index contributed by atoms with van der Waals surface area (Å²) in [5.74, 6) is 0.144. The topological polar surface area (TPSA) is 63.4 Å². The van der Waals surface area contributed by atoms with Gasteiger partial charge in [0.2, 0.25) is 11.8 Å². The number of carbonyl (C=O) groups excluding carboxylic acids is 2. The van der Waals surface area contributed by atoms with E-state index in [0.29, 0.717) is 6.42 Å². The normalized spacial score (nSPS) is 34.5. The highest BCUT2D eigenvalue weighted by molar-refractivity contribution is 6.06. The van der Waals surface area contributed by atoms with Gasteiger partial charge < -0.3 is 5.73 Å². The predicted octanol–water partition coefficient (Wildman–Crippen LogP) is 2.36. The van der Waals surface area contributed by atoms with Gasteiger partial charge in [-0.05, 0) is 25.7 Å². The maximum Gasteiger partial charge on any atom is 0.236 e. The molecule has 1 spiro atoms. The Morgan fingerprint density at radius 3 is 2.25 bits per heavy atom. The number of rotatable bonds is 1. The average molecular weight is 278 g/mol. The van der Waals surface area contributed by atoms with Crippen LogP contribution in [-0.4, -0.2) is 28.8 Å². The number of amides is 2. The van der Waals surface area contributed by atoms with Crippen LogP contribution in [0.25, 0.3) is 0 Å². The van der Waals surface area contributed by atoms with Crippen molar-refractivity contribution in [3.63, 3.8) is 0 Å². The molecule has 2 amide bonds. The van der Waals surface area contributed by atoms with E-state index in [9.17, 15) is 9.59 Å². The minimum Gasteiger partial charge on any atom is -0.326 e. The van der Waals surface area contributed by atoms with E-state index in [2.05, 4.69) is 0 Å². The highest BCUT2D eigenvalue weighted by Crippen LogP contribution is 2.45. The number of hydrogen-bond acceptors (Lipinski definition) is 3. The van der Waals surface area contributed by atoms with Crippen LogP contribution in [0.5, 0.6) is 0 Å². The fourth-order valence-corrected chi connectivity index (χ4v) is 4.41. The first-order valence-electron chi connectivity index (χ1n) is 8.26. The van der Waals surface area contributed by atoms with Crippen LogP contribution in [-0.2, 0) is 9.59 Å². The van der Waals surface area contributed by atoms with E-state index in [1.807, 2.05) is 0 Å². The van der Waals surface area contributed by atoms with E-state index >= 15 is 0 Å². The second kappa shape index (κ2) is 5.47. The molecule has 2 atom stereocenters. The molecule has 2 saturated carbocycles. The van der Waals surface area contributed by atoms with Crippen LogP contribution in [0.15, 0.2) is 0 Å². The first kappa shape index (κ1) is 14.1. The van der Waals surface area contributed by atoms with Crippen LogP contribution in [0.4, 0.5) is 0 Å². The molecule has 1 saturated heterocycles. The van der Waals surface area contributed by atoms with Gasteiger partial charge in [-0.25, -0.2) is 0 Å². The van der Waals surface area contributed by atoms with Crippen LogP contribution < -0.4 is 5.73 Å². The van der Waals surface area contributed by atoms with E-state index in [0.717, 1.165) is 51.4 Å². The average Bonchev–Trinajstić information content (AvgIpc) is 2.60. The van der Waals surface area contributed by atoms with Crippen molar-refractivity contribution in [3.8, 4) is 0 Å². The molecule has 4 nitrogen and oxygen atoms in total. The quantitative estimate of drug-likeness (QED) is 0.749. The van der Waals surface area contributed by atoms with Gasteiger partial charge in [0.15, 0.2) is 0 Å². The van der Waals surface area contributed by atoms with Gasteiger partial charge in [0.1, 0.15) is 0 Å². The van der Waals surface area contributed by atoms with Crippen molar-refractivity contribution in [1.29, 1.82) is 0 Å². The van der Waals surface area contributed by atoms with Gasteiger partial charge in [-0.3, -0.25) is 14.5 Å². The maximum atomic E-state index is 12.9. The number of hydrogen-bond donors (Lipinski definition) is 1. The summed E-state index contributed by atoms with van der Waals surface area (Å²) in [5, 5.41) is 0. The Bertz CT molecular complexity index is 399. The monoisotopic (exact) mass is 278 g/mol. The third kappa shape index (κ3) is 2.28. The minimum absolute atomic E-state index is 0.0161. The molecule has 0 radical (unpaired) electrons. The van der Waals surface area contributed by atoms with E-state index in [1.54, 1.807) is 4.90 Å². The zero-order valence-electron chi connectivity index (χ0n) is 12.3. The van der Waals surface area contributed by atoms with Gasteiger partial charge in [0.25, 0.3) is 0 Å². The molecule has 1 aliphatic heterocycles. The van der Waals surface area contributed by atoms with Crippen molar-refractivity contribution in [2.45, 2.75) is 82.7 Å². The van der Waals surface area contributed by atoms with E-state index in [-0.39, 0.29) is 29.3 Å². The van der Waals surface area contributed by atoms with E-state index in [4.69, 9.17) is 5.73 Å². The van der Waals surface area contributed by atoms with E-state index in [1.165, 1.54) is 12.8 Å². The number of nitrogens with zero attached hydrogens (tertiary/aromatic N) is 1. The van der Waals surface area contributed by atoms with Crippen molar-refractivity contribution in [3.05, 3.63) is 0 Å². The Morgan fingerprint density at radius 2 is 1.60 bits per heavy atom. The fraction of sp³-hybridized carbons (Fsp3) is 0.875. The molecular weight excluding hydrogens is 252 g/mol. The zero-order valence-corrected chi connectivity index (χ0v) is 12.3. The first-order valence-corrected chi connectivity index (χ1v) is 8.26. The fourth-order valence-electron chi connectivity index (χ4n) is 4.41. The van der Waals surface area contributed by atoms with Crippen LogP contribution in [0.3, 0.4) is 0 Å². The molecular formula is C16H26N2O2. The Labute approximate surface area is 121 Å². The van der Waals surface area contributed by atoms with Gasteiger partial charge in [-0.15, -0.1) is 0 Å². The molecule has 0 aromatic rings. The maximum absolute atomic E-state index is 12.9. The van der Waals surface area contributed by atoms with Crippen molar-refractivity contribution in [1.82, 2.24) is 4.90 Å². The highest BCUT2D eigenvalue weighted by Gasteiger charge is 2.53. The van der Waals surface area contributed by atoms with Crippen molar-refractivity contribution >= 4 is 11.8 Å². The summed E-state index contributed by atoms with van der Waals surface area (Å²) >= 11 is 0. The lowest BCUT2D eigenvalue weighted by atomic mass is 9.78. The number of imide groups is 1. The standard InChI is InChI=1S/C16H26N2O2/c17-12-7-3-4-8-13(12)18-14(19)11-16(15(18)20)9-5-1-2-6-10-16/h12-13H,1-11,17H2. The van der Waals surface area contributed by atoms with Crippen molar-refractivity contribution < 1.29 is 9.59 Å². The second-order valence-electron chi connectivity index (χ2n) is 6.96. The van der Waals surface area contributed by atoms with E-state index < -0.39 is 0 Å². The van der Waals surface area contributed by atoms with Gasteiger partial charge in [-0.2, -0.15) is 0 Å². The molecule has 0 aromatic carbocycles. The third-order valence-corrected chi connectivity index (χ3v) is 5.60. The molecule has 2 aliphatic carbocycles. The Kier molecular flexibility index (Phi) is 3.85. The Balaban J connectivity index is 1.82. The first-order chi connectivity index (χ1) is 9.64. The molecule has 2 N–H and O–H groups in total. The smallest absolute Gasteiger partial charge is 0.236 e. The summed E-state index contributed by atoms with van der Waals surface area (Å²) in [6.07, 6.45) is 10.9. The van der Waals surface area contributed by atoms with Crippen molar-refractivity contribution in [2.75, 3.05) is 0 Å². The SMILES string of the molecule is NC1CCCCC1N1C(=O)CC2(CCCCCC2)C1=O. The van der Waals surface area contributed by atoms with Crippen molar-refractivity contribution in [2.24, 2.45) is 11.1 Å². The summed E-state index contributed by atoms with van der Waals surface area (Å²) in [7, 11) is 0. The van der Waals surface area contributed by atoms with Gasteiger partial charge >= 0.3 is 0 Å². The molecule has 3 rings (SSSR count). The zero-order chi connectivity index (χ0) is 14.2. The second-order valence-corrected chi connectivity index (χ2v) is 6.96. The lowest BCUT2D eigenvalue weighted by Gasteiger charge is -2.36. The molecule has 0 bridgehead atoms. The van der Waals surface area contributed by atoms with Crippen LogP contribution in [0, 0.1) is 5.41 Å². The number of nitrogens with two attached hydrogens (primary N) is 1. The summed E-state index contributed by atoms with van der Waals surface area (Å²) in [4.78, 5) is 27.0. The summed E-state index contributed by atoms with van der Waals surface area (Å²) in [6.45, 7) is 0. The lowest BCUT2D eigenvalue weighted by Crippen LogP contribution is -2.52. The minimum atomic E-state index is -0.370. The number of carbonyl (C=O) groups is 2. The summed E-state index contributed by atoms with van der Waals surface area (Å²) < 4.78 is 0. The van der Waals surface area contributed by atoms with Gasteiger partial charge in [0.05, 0.1) is 11.5 Å². The molecule has 20 heavy (non-hydrogen) atoms. The van der Waals surface area contributed by atoms with Crippen LogP contribution in [0.1, 0.15) is 70.6 Å². The molecule has 0 aromatic heterocycles. The molecule has 1 heterocycles. The Hall–Kier alpha value is -0.900. The molecule has 2 unspecified atom stereocenters. The summed E-state index contributed by atoms with van der Waals surface area (Å²) in [6, 6.07) is -0.0519. The number of likely N-dealkylation sites (tertiary alicyclic amines) is 1. The molecule has 3 aliphatic rings. The van der Waals surface area contributed by atoms with Gasteiger partial charge in [-0.1, -0.05) is 38.5 Å². The van der Waals surface area contributed by atoms with Crippen LogP contribution >= 0.6 is 0 Å². The Morgan fingerprint density at radius 1 is 0.950 bits per heavy atom. The third-order valence-electron chi connectivity index (χ3n) is 5.60. The van der Waals surface area contributed by atoms with Gasteiger partial charge in [0, 0.05) is 12.5 Å². The lowest BCUT2D eigenvalue weighted by molar-refractivity contribution is -0.145. The van der Waals surface area contributed by atoms with Crippen LogP contribution in [0.2, 0.25) is 0 Å². The molecule has 3 fully saturated rings. The summed E-state index contributed by atoms with van der Waals surface area (Å²) in [5.41, 5.74) is 5.82. The largest absolute Gasteiger partial charge is 0.326 e.